The van der Waals surface area contributed by atoms with Gasteiger partial charge in [-0.15, -0.1) is 0 Å². The van der Waals surface area contributed by atoms with Crippen molar-refractivity contribution < 1.29 is 5.11 Å². The molecule has 90 valence electrons. The van der Waals surface area contributed by atoms with E-state index < -0.39 is 0 Å². The zero-order valence-electron chi connectivity index (χ0n) is 10.7. The van der Waals surface area contributed by atoms with Gasteiger partial charge in [0.25, 0.3) is 0 Å². The Kier molecular flexibility index (Phi) is 4.60. The molecule has 0 aromatic heterocycles. The summed E-state index contributed by atoms with van der Waals surface area (Å²) in [6.45, 7) is 10.1. The van der Waals surface area contributed by atoms with Gasteiger partial charge < -0.3 is 10.4 Å². The Labute approximate surface area is 94.5 Å². The van der Waals surface area contributed by atoms with Crippen LogP contribution in [-0.4, -0.2) is 24.3 Å². The molecule has 1 aliphatic carbocycles. The van der Waals surface area contributed by atoms with Gasteiger partial charge >= 0.3 is 0 Å². The zero-order chi connectivity index (χ0) is 11.5. The summed E-state index contributed by atoms with van der Waals surface area (Å²) in [6.07, 6.45) is 4.08. The average Bonchev–Trinajstić information content (AvgIpc) is 2.17. The number of nitrogens with one attached hydrogen (secondary N) is 1. The van der Waals surface area contributed by atoms with E-state index in [0.29, 0.717) is 6.04 Å². The average molecular weight is 213 g/mol. The van der Waals surface area contributed by atoms with E-state index in [1.165, 1.54) is 19.3 Å². The van der Waals surface area contributed by atoms with Crippen LogP contribution < -0.4 is 5.32 Å². The topological polar surface area (TPSA) is 32.3 Å². The summed E-state index contributed by atoms with van der Waals surface area (Å²) in [5, 5.41) is 12.9. The highest BCUT2D eigenvalue weighted by Gasteiger charge is 2.28. The number of hydrogen-bond acceptors (Lipinski definition) is 2. The molecule has 2 heteroatoms. The normalized spacial score (nSPS) is 33.0. The van der Waals surface area contributed by atoms with Crippen LogP contribution in [0.3, 0.4) is 0 Å². The van der Waals surface area contributed by atoms with Crippen LogP contribution in [0.15, 0.2) is 0 Å². The van der Waals surface area contributed by atoms with Gasteiger partial charge in [-0.05, 0) is 24.7 Å². The highest BCUT2D eigenvalue weighted by molar-refractivity contribution is 4.85. The first-order chi connectivity index (χ1) is 6.96. The quantitative estimate of drug-likeness (QED) is 0.751. The minimum Gasteiger partial charge on any atom is -0.396 e. The summed E-state index contributed by atoms with van der Waals surface area (Å²) in [5.41, 5.74) is 0.0108. The van der Waals surface area contributed by atoms with Crippen molar-refractivity contribution in [2.75, 3.05) is 13.2 Å². The van der Waals surface area contributed by atoms with Crippen LogP contribution in [0.5, 0.6) is 0 Å². The first-order valence-electron chi connectivity index (χ1n) is 6.30. The molecule has 0 spiro atoms. The van der Waals surface area contributed by atoms with Crippen molar-refractivity contribution in [3.8, 4) is 0 Å². The predicted octanol–water partition coefficient (Wildman–Crippen LogP) is 2.42. The lowest BCUT2D eigenvalue weighted by molar-refractivity contribution is 0.132. The molecule has 0 heterocycles. The van der Waals surface area contributed by atoms with Gasteiger partial charge in [0.2, 0.25) is 0 Å². The van der Waals surface area contributed by atoms with Crippen LogP contribution in [0.2, 0.25) is 0 Å². The second kappa shape index (κ2) is 5.31. The first-order valence-corrected chi connectivity index (χ1v) is 6.30. The lowest BCUT2D eigenvalue weighted by Gasteiger charge is -2.37. The minimum absolute atomic E-state index is 0.0108. The Morgan fingerprint density at radius 3 is 2.20 bits per heavy atom. The van der Waals surface area contributed by atoms with Crippen LogP contribution in [-0.2, 0) is 0 Å². The van der Waals surface area contributed by atoms with Crippen molar-refractivity contribution in [2.45, 2.75) is 53.0 Å². The van der Waals surface area contributed by atoms with Gasteiger partial charge in [0.15, 0.2) is 0 Å². The summed E-state index contributed by atoms with van der Waals surface area (Å²) in [5.74, 6) is 1.56. The minimum atomic E-state index is 0.0108. The molecule has 1 saturated carbocycles. The van der Waals surface area contributed by atoms with Crippen molar-refractivity contribution in [3.63, 3.8) is 0 Å². The SMILES string of the molecule is CC1CCCC(C)C1NCC(C)(C)CO. The fourth-order valence-corrected chi connectivity index (χ4v) is 2.53. The molecule has 0 aromatic rings. The van der Waals surface area contributed by atoms with Gasteiger partial charge in [-0.2, -0.15) is 0 Å². The maximum atomic E-state index is 9.22. The fraction of sp³-hybridized carbons (Fsp3) is 1.00. The third-order valence-corrected chi connectivity index (χ3v) is 3.79. The second-order valence-corrected chi connectivity index (χ2v) is 6.11. The molecule has 2 atom stereocenters. The molecule has 2 unspecified atom stereocenters. The van der Waals surface area contributed by atoms with Gasteiger partial charge in [-0.25, -0.2) is 0 Å². The van der Waals surface area contributed by atoms with Gasteiger partial charge in [0, 0.05) is 24.6 Å². The van der Waals surface area contributed by atoms with Crippen LogP contribution in [0.1, 0.15) is 47.0 Å². The molecule has 15 heavy (non-hydrogen) atoms. The zero-order valence-corrected chi connectivity index (χ0v) is 10.7. The largest absolute Gasteiger partial charge is 0.396 e. The third kappa shape index (κ3) is 3.76. The van der Waals surface area contributed by atoms with E-state index in [1.807, 2.05) is 0 Å². The molecule has 1 rings (SSSR count). The molecular formula is C13H27NO. The Morgan fingerprint density at radius 2 is 1.73 bits per heavy atom. The summed E-state index contributed by atoms with van der Waals surface area (Å²) < 4.78 is 0. The van der Waals surface area contributed by atoms with E-state index in [9.17, 15) is 5.11 Å². The van der Waals surface area contributed by atoms with Crippen LogP contribution in [0.25, 0.3) is 0 Å². The summed E-state index contributed by atoms with van der Waals surface area (Å²) >= 11 is 0. The maximum Gasteiger partial charge on any atom is 0.0494 e. The molecule has 0 aliphatic heterocycles. The van der Waals surface area contributed by atoms with Crippen molar-refractivity contribution in [3.05, 3.63) is 0 Å². The van der Waals surface area contributed by atoms with Crippen molar-refractivity contribution in [1.82, 2.24) is 5.32 Å². The second-order valence-electron chi connectivity index (χ2n) is 6.11. The number of aliphatic hydroxyl groups is 1. The van der Waals surface area contributed by atoms with Gasteiger partial charge in [-0.1, -0.05) is 34.1 Å². The third-order valence-electron chi connectivity index (χ3n) is 3.79. The monoisotopic (exact) mass is 213 g/mol. The molecular weight excluding hydrogens is 186 g/mol. The molecule has 0 radical (unpaired) electrons. The maximum absolute atomic E-state index is 9.22. The van der Waals surface area contributed by atoms with Crippen LogP contribution >= 0.6 is 0 Å². The Morgan fingerprint density at radius 1 is 1.20 bits per heavy atom. The van der Waals surface area contributed by atoms with Gasteiger partial charge in [-0.3, -0.25) is 0 Å². The molecule has 0 amide bonds. The van der Waals surface area contributed by atoms with Crippen molar-refractivity contribution >= 4 is 0 Å². The van der Waals surface area contributed by atoms with E-state index in [-0.39, 0.29) is 12.0 Å². The first kappa shape index (κ1) is 13.0. The summed E-state index contributed by atoms with van der Waals surface area (Å²) in [6, 6.07) is 0.643. The highest BCUT2D eigenvalue weighted by Crippen LogP contribution is 2.29. The highest BCUT2D eigenvalue weighted by atomic mass is 16.3. The van der Waals surface area contributed by atoms with Gasteiger partial charge in [0.1, 0.15) is 0 Å². The molecule has 0 bridgehead atoms. The van der Waals surface area contributed by atoms with Crippen molar-refractivity contribution in [1.29, 1.82) is 0 Å². The van der Waals surface area contributed by atoms with E-state index in [1.54, 1.807) is 0 Å². The lowest BCUT2D eigenvalue weighted by Crippen LogP contribution is -2.47. The number of aliphatic hydroxyl groups excluding tert-OH is 1. The summed E-state index contributed by atoms with van der Waals surface area (Å²) in [7, 11) is 0. The Balaban J connectivity index is 2.42. The number of rotatable bonds is 4. The fourth-order valence-electron chi connectivity index (χ4n) is 2.53. The number of hydrogen-bond donors (Lipinski definition) is 2. The Hall–Kier alpha value is -0.0800. The molecule has 0 saturated heterocycles. The van der Waals surface area contributed by atoms with E-state index >= 15 is 0 Å². The molecule has 1 aliphatic rings. The van der Waals surface area contributed by atoms with Crippen LogP contribution in [0, 0.1) is 17.3 Å². The van der Waals surface area contributed by atoms with E-state index in [2.05, 4.69) is 33.0 Å². The van der Waals surface area contributed by atoms with E-state index in [0.717, 1.165) is 18.4 Å². The molecule has 1 fully saturated rings. The van der Waals surface area contributed by atoms with Gasteiger partial charge in [0.05, 0.1) is 0 Å². The standard InChI is InChI=1S/C13H27NO/c1-10-6-5-7-11(2)12(10)14-8-13(3,4)9-15/h10-12,14-15H,5-9H2,1-4H3. The molecule has 0 aromatic carbocycles. The van der Waals surface area contributed by atoms with E-state index in [4.69, 9.17) is 0 Å². The Bertz CT molecular complexity index is 181. The molecule has 2 N–H and O–H groups in total. The lowest BCUT2D eigenvalue weighted by atomic mass is 9.78. The predicted molar refractivity (Wildman–Crippen MR) is 64.8 cm³/mol. The summed E-state index contributed by atoms with van der Waals surface area (Å²) in [4.78, 5) is 0. The van der Waals surface area contributed by atoms with Crippen molar-refractivity contribution in [2.24, 2.45) is 17.3 Å². The molecule has 2 nitrogen and oxygen atoms in total. The smallest absolute Gasteiger partial charge is 0.0494 e. The van der Waals surface area contributed by atoms with Crippen LogP contribution in [0.4, 0.5) is 0 Å².